The molecule has 4 heteroatoms. The minimum absolute atomic E-state index is 0.0470. The molecule has 0 rings (SSSR count). The molecule has 102 valence electrons. The smallest absolute Gasteiger partial charge is 0.240 e. The van der Waals surface area contributed by atoms with E-state index < -0.39 is 6.04 Å². The van der Waals surface area contributed by atoms with Gasteiger partial charge >= 0.3 is 0 Å². The van der Waals surface area contributed by atoms with E-state index in [4.69, 9.17) is 10.5 Å². The van der Waals surface area contributed by atoms with Crippen LogP contribution in [0.1, 0.15) is 40.5 Å². The predicted molar refractivity (Wildman–Crippen MR) is 70.8 cm³/mol. The molecule has 0 aliphatic carbocycles. The van der Waals surface area contributed by atoms with Gasteiger partial charge in [-0.2, -0.15) is 0 Å². The van der Waals surface area contributed by atoms with Crippen LogP contribution < -0.4 is 5.73 Å². The predicted octanol–water partition coefficient (Wildman–Crippen LogP) is 1.63. The van der Waals surface area contributed by atoms with Gasteiger partial charge in [-0.25, -0.2) is 0 Å². The number of nitrogens with two attached hydrogens (primary N) is 1. The van der Waals surface area contributed by atoms with E-state index in [0.717, 1.165) is 12.8 Å². The largest absolute Gasteiger partial charge is 0.383 e. The van der Waals surface area contributed by atoms with Crippen LogP contribution in [0.3, 0.4) is 0 Å². The zero-order valence-corrected chi connectivity index (χ0v) is 11.9. The molecule has 0 aliphatic heterocycles. The van der Waals surface area contributed by atoms with E-state index in [2.05, 4.69) is 13.8 Å². The van der Waals surface area contributed by atoms with Crippen LogP contribution in [-0.4, -0.2) is 43.2 Å². The van der Waals surface area contributed by atoms with Gasteiger partial charge < -0.3 is 15.4 Å². The topological polar surface area (TPSA) is 55.6 Å². The molecule has 0 saturated heterocycles. The number of carbonyl (C=O) groups is 1. The highest BCUT2D eigenvalue weighted by Gasteiger charge is 2.27. The van der Waals surface area contributed by atoms with Crippen molar-refractivity contribution in [3.05, 3.63) is 0 Å². The maximum Gasteiger partial charge on any atom is 0.240 e. The van der Waals surface area contributed by atoms with Crippen LogP contribution in [-0.2, 0) is 9.53 Å². The molecule has 0 fully saturated rings. The summed E-state index contributed by atoms with van der Waals surface area (Å²) in [7, 11) is 1.65. The Hall–Kier alpha value is -0.610. The van der Waals surface area contributed by atoms with Crippen LogP contribution in [0.15, 0.2) is 0 Å². The lowest BCUT2D eigenvalue weighted by atomic mass is 10.0. The molecule has 0 aromatic heterocycles. The summed E-state index contributed by atoms with van der Waals surface area (Å²) in [6.45, 7) is 9.34. The first-order valence-electron chi connectivity index (χ1n) is 6.54. The average molecular weight is 244 g/mol. The van der Waals surface area contributed by atoms with E-state index in [9.17, 15) is 4.79 Å². The minimum atomic E-state index is -0.410. The summed E-state index contributed by atoms with van der Waals surface area (Å²) in [4.78, 5) is 14.2. The lowest BCUT2D eigenvalue weighted by Crippen LogP contribution is -2.51. The lowest BCUT2D eigenvalue weighted by molar-refractivity contribution is -0.136. The number of amides is 1. The fraction of sp³-hybridized carbons (Fsp3) is 0.923. The highest BCUT2D eigenvalue weighted by molar-refractivity contribution is 5.82. The molecule has 0 heterocycles. The fourth-order valence-corrected chi connectivity index (χ4v) is 1.87. The van der Waals surface area contributed by atoms with Gasteiger partial charge in [0.2, 0.25) is 5.91 Å². The number of rotatable bonds is 8. The van der Waals surface area contributed by atoms with Crippen molar-refractivity contribution in [1.29, 1.82) is 0 Å². The van der Waals surface area contributed by atoms with E-state index in [-0.39, 0.29) is 17.9 Å². The Morgan fingerprint density at radius 3 is 2.18 bits per heavy atom. The summed E-state index contributed by atoms with van der Waals surface area (Å²) in [5, 5.41) is 0. The highest BCUT2D eigenvalue weighted by Crippen LogP contribution is 2.12. The van der Waals surface area contributed by atoms with Gasteiger partial charge in [-0.05, 0) is 18.8 Å². The minimum Gasteiger partial charge on any atom is -0.383 e. The Morgan fingerprint density at radius 2 is 1.82 bits per heavy atom. The quantitative estimate of drug-likeness (QED) is 0.706. The lowest BCUT2D eigenvalue weighted by Gasteiger charge is -2.33. The third-order valence-corrected chi connectivity index (χ3v) is 3.21. The maximum absolute atomic E-state index is 12.3. The molecule has 4 nitrogen and oxygen atoms in total. The van der Waals surface area contributed by atoms with Crippen molar-refractivity contribution in [2.75, 3.05) is 20.3 Å². The van der Waals surface area contributed by atoms with Gasteiger partial charge in [0.25, 0.3) is 0 Å². The number of hydrogen-bond donors (Lipinski definition) is 1. The summed E-state index contributed by atoms with van der Waals surface area (Å²) < 4.78 is 5.07. The zero-order chi connectivity index (χ0) is 13.4. The summed E-state index contributed by atoms with van der Waals surface area (Å²) in [5.74, 6) is 0.215. The molecule has 0 unspecified atom stereocenters. The molecule has 17 heavy (non-hydrogen) atoms. The molecular weight excluding hydrogens is 216 g/mol. The van der Waals surface area contributed by atoms with Gasteiger partial charge in [0.15, 0.2) is 0 Å². The first-order chi connectivity index (χ1) is 7.99. The van der Waals surface area contributed by atoms with Crippen molar-refractivity contribution in [1.82, 2.24) is 4.90 Å². The van der Waals surface area contributed by atoms with E-state index in [1.807, 2.05) is 18.7 Å². The molecule has 0 radical (unpaired) electrons. The molecule has 0 bridgehead atoms. The number of nitrogens with zero attached hydrogens (tertiary/aromatic N) is 1. The summed E-state index contributed by atoms with van der Waals surface area (Å²) in [5.41, 5.74) is 5.95. The first-order valence-corrected chi connectivity index (χ1v) is 6.54. The van der Waals surface area contributed by atoms with E-state index in [0.29, 0.717) is 13.2 Å². The molecule has 0 aliphatic rings. The van der Waals surface area contributed by atoms with Gasteiger partial charge in [0, 0.05) is 19.7 Å². The van der Waals surface area contributed by atoms with Gasteiger partial charge in [0.1, 0.15) is 0 Å². The Kier molecular flexibility index (Phi) is 8.17. The average Bonchev–Trinajstić information content (AvgIpc) is 2.32. The molecule has 0 aromatic rings. The summed E-state index contributed by atoms with van der Waals surface area (Å²) in [6, 6.07) is -0.144. The van der Waals surface area contributed by atoms with Crippen LogP contribution in [0.4, 0.5) is 0 Å². The van der Waals surface area contributed by atoms with Crippen LogP contribution in [0.25, 0.3) is 0 Å². The van der Waals surface area contributed by atoms with Gasteiger partial charge in [0.05, 0.1) is 12.6 Å². The number of carbonyl (C=O) groups excluding carboxylic acids is 1. The molecule has 0 saturated carbocycles. The SMILES string of the molecule is CCC(CC)N(CCOC)C(=O)[C@H](N)C(C)C. The van der Waals surface area contributed by atoms with E-state index in [1.54, 1.807) is 7.11 Å². The third kappa shape index (κ3) is 5.04. The maximum atomic E-state index is 12.3. The number of hydrogen-bond acceptors (Lipinski definition) is 3. The van der Waals surface area contributed by atoms with Gasteiger partial charge in [-0.15, -0.1) is 0 Å². The van der Waals surface area contributed by atoms with Crippen molar-refractivity contribution in [3.63, 3.8) is 0 Å². The molecule has 0 spiro atoms. The van der Waals surface area contributed by atoms with Gasteiger partial charge in [-0.1, -0.05) is 27.7 Å². The summed E-state index contributed by atoms with van der Waals surface area (Å²) in [6.07, 6.45) is 1.91. The molecular formula is C13H28N2O2. The van der Waals surface area contributed by atoms with Crippen molar-refractivity contribution in [2.45, 2.75) is 52.6 Å². The zero-order valence-electron chi connectivity index (χ0n) is 11.9. The van der Waals surface area contributed by atoms with Crippen molar-refractivity contribution < 1.29 is 9.53 Å². The monoisotopic (exact) mass is 244 g/mol. The van der Waals surface area contributed by atoms with Crippen molar-refractivity contribution >= 4 is 5.91 Å². The van der Waals surface area contributed by atoms with Gasteiger partial charge in [-0.3, -0.25) is 4.79 Å². The normalized spacial score (nSPS) is 13.2. The summed E-state index contributed by atoms with van der Waals surface area (Å²) >= 11 is 0. The van der Waals surface area contributed by atoms with Crippen LogP contribution in [0, 0.1) is 5.92 Å². The van der Waals surface area contributed by atoms with Crippen molar-refractivity contribution in [3.8, 4) is 0 Å². The van der Waals surface area contributed by atoms with Crippen LogP contribution in [0.2, 0.25) is 0 Å². The highest BCUT2D eigenvalue weighted by atomic mass is 16.5. The van der Waals surface area contributed by atoms with Crippen LogP contribution >= 0.6 is 0 Å². The second-order valence-electron chi connectivity index (χ2n) is 4.76. The Bertz CT molecular complexity index is 215. The molecule has 2 N–H and O–H groups in total. The van der Waals surface area contributed by atoms with E-state index >= 15 is 0 Å². The van der Waals surface area contributed by atoms with Crippen molar-refractivity contribution in [2.24, 2.45) is 11.7 Å². The van der Waals surface area contributed by atoms with Crippen LogP contribution in [0.5, 0.6) is 0 Å². The second kappa shape index (κ2) is 8.48. The Labute approximate surface area is 105 Å². The number of methoxy groups -OCH3 is 1. The third-order valence-electron chi connectivity index (χ3n) is 3.21. The molecule has 1 amide bonds. The number of ether oxygens (including phenoxy) is 1. The standard InChI is InChI=1S/C13H28N2O2/c1-6-11(7-2)15(8-9-17-5)13(16)12(14)10(3)4/h10-12H,6-9,14H2,1-5H3/t12-/m1/s1. The van der Waals surface area contributed by atoms with E-state index in [1.165, 1.54) is 0 Å². The Balaban J connectivity index is 4.71. The molecule has 1 atom stereocenters. The second-order valence-corrected chi connectivity index (χ2v) is 4.76. The first kappa shape index (κ1) is 16.4. The molecule has 0 aromatic carbocycles. The fourth-order valence-electron chi connectivity index (χ4n) is 1.87. The Morgan fingerprint density at radius 1 is 1.29 bits per heavy atom.